The summed E-state index contributed by atoms with van der Waals surface area (Å²) in [7, 11) is 0. The highest BCUT2D eigenvalue weighted by molar-refractivity contribution is 5.88. The van der Waals surface area contributed by atoms with E-state index in [-0.39, 0.29) is 11.3 Å². The molecule has 3 fully saturated rings. The fourth-order valence-corrected chi connectivity index (χ4v) is 5.63. The number of hydrogen-bond donors (Lipinski definition) is 0. The van der Waals surface area contributed by atoms with Crippen LogP contribution in [0.4, 0.5) is 8.78 Å². The van der Waals surface area contributed by atoms with Crippen LogP contribution in [0.25, 0.3) is 10.9 Å². The molecule has 1 aliphatic heterocycles. The van der Waals surface area contributed by atoms with Gasteiger partial charge in [0.1, 0.15) is 17.2 Å². The molecule has 3 heterocycles. The van der Waals surface area contributed by atoms with Crippen LogP contribution in [0.15, 0.2) is 48.0 Å². The van der Waals surface area contributed by atoms with Gasteiger partial charge in [-0.25, -0.2) is 13.8 Å². The fourth-order valence-electron chi connectivity index (χ4n) is 5.63. The summed E-state index contributed by atoms with van der Waals surface area (Å²) in [5, 5.41) is 11.3. The van der Waals surface area contributed by atoms with Crippen molar-refractivity contribution in [1.82, 2.24) is 19.8 Å². The van der Waals surface area contributed by atoms with Crippen LogP contribution in [0, 0.1) is 22.5 Å². The molecule has 7 rings (SSSR count). The first-order valence-electron chi connectivity index (χ1n) is 10.0. The minimum absolute atomic E-state index is 0.0392. The maximum absolute atomic E-state index is 13.7. The molecule has 1 atom stereocenters. The first kappa shape index (κ1) is 17.7. The van der Waals surface area contributed by atoms with E-state index in [0.29, 0.717) is 12.0 Å². The van der Waals surface area contributed by atoms with Gasteiger partial charge in [-0.2, -0.15) is 10.2 Å². The molecule has 0 spiro atoms. The molecular weight excluding hydrogens is 388 g/mol. The molecule has 2 aromatic heterocycles. The van der Waals surface area contributed by atoms with Gasteiger partial charge in [0.2, 0.25) is 5.91 Å². The number of nitrogens with zero attached hydrogens (tertiary/aromatic N) is 5. The van der Waals surface area contributed by atoms with E-state index in [1.165, 1.54) is 17.1 Å². The van der Waals surface area contributed by atoms with E-state index >= 15 is 0 Å². The van der Waals surface area contributed by atoms with E-state index in [1.54, 1.807) is 18.6 Å². The molecule has 0 saturated heterocycles. The lowest BCUT2D eigenvalue weighted by Crippen LogP contribution is -2.68. The van der Waals surface area contributed by atoms with Crippen molar-refractivity contribution in [3.63, 3.8) is 0 Å². The van der Waals surface area contributed by atoms with Gasteiger partial charge in [-0.3, -0.25) is 14.5 Å². The van der Waals surface area contributed by atoms with Crippen LogP contribution in [-0.4, -0.2) is 31.9 Å². The maximum Gasteiger partial charge on any atom is 0.249 e. The van der Waals surface area contributed by atoms with Gasteiger partial charge in [-0.1, -0.05) is 0 Å². The number of carbonyl (C=O) groups is 1. The average molecular weight is 407 g/mol. The number of hydrazone groups is 1. The average Bonchev–Trinajstić information content (AvgIpc) is 3.28. The predicted molar refractivity (Wildman–Crippen MR) is 105 cm³/mol. The lowest BCUT2D eigenvalue weighted by molar-refractivity contribution is -0.223. The van der Waals surface area contributed by atoms with Crippen LogP contribution in [-0.2, 0) is 11.3 Å². The van der Waals surface area contributed by atoms with Crippen molar-refractivity contribution in [3.8, 4) is 0 Å². The minimum Gasteiger partial charge on any atom is -0.272 e. The molecule has 1 amide bonds. The Morgan fingerprint density at radius 3 is 2.67 bits per heavy atom. The second kappa shape index (κ2) is 5.93. The van der Waals surface area contributed by atoms with Crippen molar-refractivity contribution in [3.05, 3.63) is 60.1 Å². The van der Waals surface area contributed by atoms with E-state index < -0.39 is 23.1 Å². The van der Waals surface area contributed by atoms with Gasteiger partial charge in [0.15, 0.2) is 0 Å². The number of benzene rings is 1. The van der Waals surface area contributed by atoms with E-state index in [1.807, 2.05) is 16.9 Å². The number of halogens is 2. The Morgan fingerprint density at radius 2 is 1.93 bits per heavy atom. The van der Waals surface area contributed by atoms with Crippen molar-refractivity contribution in [2.24, 2.45) is 15.9 Å². The predicted octanol–water partition coefficient (Wildman–Crippen LogP) is 3.84. The zero-order valence-corrected chi connectivity index (χ0v) is 16.1. The zero-order valence-electron chi connectivity index (χ0n) is 16.1. The third-order valence-electron chi connectivity index (χ3n) is 6.76. The SMILES string of the molecule is O=C(N1N=CCC1c1cc(F)cc(F)c1)C12CC(Cn3cc4ccncc4n3)(C1)C2. The molecule has 30 heavy (non-hydrogen) atoms. The van der Waals surface area contributed by atoms with E-state index in [0.717, 1.165) is 42.8 Å². The Kier molecular flexibility index (Phi) is 3.50. The number of aromatic nitrogens is 3. The third kappa shape index (κ3) is 2.52. The first-order valence-corrected chi connectivity index (χ1v) is 10.0. The topological polar surface area (TPSA) is 63.4 Å². The fraction of sp³-hybridized carbons (Fsp3) is 0.364. The van der Waals surface area contributed by atoms with Crippen LogP contribution in [0.2, 0.25) is 0 Å². The van der Waals surface area contributed by atoms with Crippen LogP contribution >= 0.6 is 0 Å². The molecule has 3 saturated carbocycles. The van der Waals surface area contributed by atoms with Gasteiger partial charge in [-0.05, 0) is 48.4 Å². The van der Waals surface area contributed by atoms with Crippen molar-refractivity contribution in [2.75, 3.05) is 0 Å². The number of rotatable bonds is 4. The molecule has 3 aromatic rings. The monoisotopic (exact) mass is 407 g/mol. The van der Waals surface area contributed by atoms with Crippen molar-refractivity contribution >= 4 is 23.0 Å². The highest BCUT2D eigenvalue weighted by atomic mass is 19.1. The van der Waals surface area contributed by atoms with E-state index in [2.05, 4.69) is 15.2 Å². The summed E-state index contributed by atoms with van der Waals surface area (Å²) in [6, 6.07) is 4.89. The molecule has 0 N–H and O–H groups in total. The molecular formula is C22H19F2N5O. The normalized spacial score (nSPS) is 29.1. The largest absolute Gasteiger partial charge is 0.272 e. The molecule has 1 unspecified atom stereocenters. The Balaban J connectivity index is 1.17. The summed E-state index contributed by atoms with van der Waals surface area (Å²) in [4.78, 5) is 17.4. The summed E-state index contributed by atoms with van der Waals surface area (Å²) in [5.41, 5.74) is 0.998. The van der Waals surface area contributed by atoms with Crippen LogP contribution in [0.3, 0.4) is 0 Å². The Bertz CT molecular complexity index is 1150. The summed E-state index contributed by atoms with van der Waals surface area (Å²) in [6.07, 6.45) is 10.0. The lowest BCUT2D eigenvalue weighted by Gasteiger charge is -2.69. The summed E-state index contributed by atoms with van der Waals surface area (Å²) < 4.78 is 29.3. The molecule has 3 aliphatic carbocycles. The van der Waals surface area contributed by atoms with Crippen molar-refractivity contribution in [1.29, 1.82) is 0 Å². The highest BCUT2D eigenvalue weighted by Crippen LogP contribution is 2.74. The standard InChI is InChI=1S/C22H19F2N5O/c23-16-5-15(6-17(24)7-16)19-2-4-26-29(19)20(30)22-10-21(11-22,12-22)13-28-9-14-1-3-25-8-18(14)27-28/h1,3-9,19H,2,10-13H2. The zero-order chi connectivity index (χ0) is 20.5. The number of hydrogen-bond acceptors (Lipinski definition) is 4. The van der Waals surface area contributed by atoms with Gasteiger partial charge in [0.25, 0.3) is 0 Å². The van der Waals surface area contributed by atoms with Crippen LogP contribution < -0.4 is 0 Å². The summed E-state index contributed by atoms with van der Waals surface area (Å²) in [6.45, 7) is 0.776. The minimum atomic E-state index is -0.643. The molecule has 6 nitrogen and oxygen atoms in total. The molecule has 1 aromatic carbocycles. The molecule has 8 heteroatoms. The van der Waals surface area contributed by atoms with Gasteiger partial charge < -0.3 is 0 Å². The molecule has 0 radical (unpaired) electrons. The smallest absolute Gasteiger partial charge is 0.249 e. The quantitative estimate of drug-likeness (QED) is 0.660. The first-order chi connectivity index (χ1) is 14.5. The highest BCUT2D eigenvalue weighted by Gasteiger charge is 2.72. The molecule has 4 aliphatic rings. The lowest BCUT2D eigenvalue weighted by atomic mass is 9.34. The van der Waals surface area contributed by atoms with Gasteiger partial charge in [0, 0.05) is 43.0 Å². The van der Waals surface area contributed by atoms with Crippen LogP contribution in [0.1, 0.15) is 37.3 Å². The second-order valence-corrected chi connectivity index (χ2v) is 8.97. The number of fused-ring (bicyclic) bond motifs is 1. The number of carbonyl (C=O) groups excluding carboxylic acids is 1. The second-order valence-electron chi connectivity index (χ2n) is 8.97. The number of amides is 1. The third-order valence-corrected chi connectivity index (χ3v) is 6.76. The van der Waals surface area contributed by atoms with Gasteiger partial charge >= 0.3 is 0 Å². The Hall–Kier alpha value is -3.16. The summed E-state index contributed by atoms with van der Waals surface area (Å²) >= 11 is 0. The molecule has 152 valence electrons. The van der Waals surface area contributed by atoms with Gasteiger partial charge in [-0.15, -0.1) is 0 Å². The van der Waals surface area contributed by atoms with Crippen molar-refractivity contribution < 1.29 is 13.6 Å². The summed E-state index contributed by atoms with van der Waals surface area (Å²) in [5.74, 6) is -1.33. The maximum atomic E-state index is 13.7. The van der Waals surface area contributed by atoms with E-state index in [4.69, 9.17) is 0 Å². The van der Waals surface area contributed by atoms with Gasteiger partial charge in [0.05, 0.1) is 17.7 Å². The van der Waals surface area contributed by atoms with Crippen LogP contribution in [0.5, 0.6) is 0 Å². The van der Waals surface area contributed by atoms with E-state index in [9.17, 15) is 13.6 Å². The molecule has 2 bridgehead atoms. The number of pyridine rings is 1. The Morgan fingerprint density at radius 1 is 1.17 bits per heavy atom. The van der Waals surface area contributed by atoms with Crippen molar-refractivity contribution in [2.45, 2.75) is 38.3 Å². The Labute approximate surface area is 171 Å².